The van der Waals surface area contributed by atoms with E-state index in [4.69, 9.17) is 23.9 Å². The maximum absolute atomic E-state index is 13.0. The molecule has 10 heteroatoms. The molecule has 35 heavy (non-hydrogen) atoms. The molecule has 0 unspecified atom stereocenters. The summed E-state index contributed by atoms with van der Waals surface area (Å²) in [6, 6.07) is 9.62. The monoisotopic (exact) mass is 483 g/mol. The van der Waals surface area contributed by atoms with Crippen molar-refractivity contribution in [3.05, 3.63) is 46.2 Å². The molecular weight excluding hydrogens is 450 g/mol. The summed E-state index contributed by atoms with van der Waals surface area (Å²) in [4.78, 5) is 29.1. The van der Waals surface area contributed by atoms with Crippen LogP contribution in [0.3, 0.4) is 0 Å². The van der Waals surface area contributed by atoms with E-state index in [1.807, 2.05) is 55.2 Å². The van der Waals surface area contributed by atoms with Gasteiger partial charge in [-0.05, 0) is 17.7 Å². The minimum atomic E-state index is -0.332. The van der Waals surface area contributed by atoms with Crippen LogP contribution >= 0.6 is 0 Å². The van der Waals surface area contributed by atoms with Crippen LogP contribution in [-0.4, -0.2) is 76.9 Å². The Morgan fingerprint density at radius 2 is 1.77 bits per heavy atom. The van der Waals surface area contributed by atoms with Gasteiger partial charge >= 0.3 is 0 Å². The molecule has 0 bridgehead atoms. The van der Waals surface area contributed by atoms with Gasteiger partial charge in [-0.15, -0.1) is 0 Å². The van der Waals surface area contributed by atoms with E-state index in [1.54, 1.807) is 13.2 Å². The highest BCUT2D eigenvalue weighted by molar-refractivity contribution is 5.90. The van der Waals surface area contributed by atoms with Crippen molar-refractivity contribution >= 4 is 28.4 Å². The zero-order valence-corrected chi connectivity index (χ0v) is 21.3. The number of anilines is 1. The Balaban J connectivity index is 1.94. The van der Waals surface area contributed by atoms with Crippen molar-refractivity contribution in [2.75, 3.05) is 61.1 Å². The molecule has 0 saturated carbocycles. The Hall–Kier alpha value is -3.79. The van der Waals surface area contributed by atoms with Gasteiger partial charge in [-0.25, -0.2) is 9.98 Å². The number of hydrogen-bond donors (Lipinski definition) is 1. The highest BCUT2D eigenvalue weighted by Crippen LogP contribution is 2.41. The number of aromatic nitrogens is 2. The summed E-state index contributed by atoms with van der Waals surface area (Å²) < 4.78 is 21.5. The zero-order chi connectivity index (χ0) is 25.5. The summed E-state index contributed by atoms with van der Waals surface area (Å²) in [6.07, 6.45) is 0.716. The van der Waals surface area contributed by atoms with E-state index in [1.165, 1.54) is 21.3 Å². The maximum atomic E-state index is 13.0. The second kappa shape index (κ2) is 11.6. The van der Waals surface area contributed by atoms with Crippen LogP contribution in [0.5, 0.6) is 17.2 Å². The number of aromatic amines is 1. The van der Waals surface area contributed by atoms with Gasteiger partial charge in [0.2, 0.25) is 11.7 Å². The summed E-state index contributed by atoms with van der Waals surface area (Å²) in [5.74, 6) is 2.40. The third-order valence-electron chi connectivity index (χ3n) is 5.48. The normalized spacial score (nSPS) is 11.5. The number of amidine groups is 1. The predicted molar refractivity (Wildman–Crippen MR) is 138 cm³/mol. The molecule has 3 aromatic rings. The van der Waals surface area contributed by atoms with E-state index in [9.17, 15) is 4.79 Å². The number of fused-ring (bicyclic) bond motifs is 1. The van der Waals surface area contributed by atoms with E-state index < -0.39 is 0 Å². The lowest BCUT2D eigenvalue weighted by molar-refractivity contribution is 0.205. The second-order valence-electron chi connectivity index (χ2n) is 8.12. The molecule has 0 aliphatic heterocycles. The molecule has 2 aromatic carbocycles. The van der Waals surface area contributed by atoms with Gasteiger partial charge in [0.1, 0.15) is 11.2 Å². The first-order valence-electron chi connectivity index (χ1n) is 11.1. The molecule has 188 valence electrons. The molecule has 10 nitrogen and oxygen atoms in total. The van der Waals surface area contributed by atoms with Crippen LogP contribution in [0, 0.1) is 0 Å². The van der Waals surface area contributed by atoms with E-state index in [2.05, 4.69) is 9.97 Å². The summed E-state index contributed by atoms with van der Waals surface area (Å²) in [5, 5.41) is 0.297. The van der Waals surface area contributed by atoms with Crippen molar-refractivity contribution in [1.29, 1.82) is 0 Å². The average Bonchev–Trinajstić information content (AvgIpc) is 2.85. The van der Waals surface area contributed by atoms with E-state index in [0.29, 0.717) is 47.9 Å². The average molecular weight is 484 g/mol. The molecule has 1 heterocycles. The largest absolute Gasteiger partial charge is 0.493 e. The third kappa shape index (κ3) is 5.83. The van der Waals surface area contributed by atoms with Crippen molar-refractivity contribution in [3.8, 4) is 17.2 Å². The van der Waals surface area contributed by atoms with E-state index in [-0.39, 0.29) is 11.3 Å². The summed E-state index contributed by atoms with van der Waals surface area (Å²) in [6.45, 7) is 1.11. The van der Waals surface area contributed by atoms with Crippen molar-refractivity contribution in [2.24, 2.45) is 4.99 Å². The molecule has 0 spiro atoms. The fourth-order valence-electron chi connectivity index (χ4n) is 3.73. The van der Waals surface area contributed by atoms with Crippen LogP contribution in [0.25, 0.3) is 10.9 Å². The molecule has 0 aliphatic carbocycles. The molecular formula is C25H33N5O5. The Labute approximate surface area is 205 Å². The number of hydrogen-bond acceptors (Lipinski definition) is 8. The predicted octanol–water partition coefficient (Wildman–Crippen LogP) is 3.21. The fourth-order valence-corrected chi connectivity index (χ4v) is 3.73. The van der Waals surface area contributed by atoms with Crippen LogP contribution in [0.4, 0.5) is 11.6 Å². The second-order valence-corrected chi connectivity index (χ2v) is 8.12. The van der Waals surface area contributed by atoms with Gasteiger partial charge in [0.05, 0.1) is 39.1 Å². The van der Waals surface area contributed by atoms with Gasteiger partial charge in [-0.2, -0.15) is 0 Å². The van der Waals surface area contributed by atoms with Crippen molar-refractivity contribution in [3.63, 3.8) is 0 Å². The fraction of sp³-hybridized carbons (Fsp3) is 0.400. The molecule has 0 aliphatic rings. The van der Waals surface area contributed by atoms with Crippen LogP contribution in [0.1, 0.15) is 12.0 Å². The van der Waals surface area contributed by atoms with Crippen LogP contribution in [0.15, 0.2) is 40.1 Å². The molecule has 1 N–H and O–H groups in total. The van der Waals surface area contributed by atoms with Crippen molar-refractivity contribution in [1.82, 2.24) is 14.9 Å². The zero-order valence-electron chi connectivity index (χ0n) is 21.3. The molecule has 3 rings (SSSR count). The lowest BCUT2D eigenvalue weighted by atomic mass is 10.2. The third-order valence-corrected chi connectivity index (χ3v) is 5.48. The summed E-state index contributed by atoms with van der Waals surface area (Å²) in [7, 11) is 12.0. The highest BCUT2D eigenvalue weighted by Gasteiger charge is 2.20. The van der Waals surface area contributed by atoms with Gasteiger partial charge in [0, 0.05) is 47.3 Å². The first kappa shape index (κ1) is 25.8. The van der Waals surface area contributed by atoms with Gasteiger partial charge in [-0.3, -0.25) is 9.78 Å². The number of ether oxygens (including phenoxy) is 4. The number of aliphatic imine (C=N–C) groups is 1. The minimum Gasteiger partial charge on any atom is -0.493 e. The molecule has 0 radical (unpaired) electrons. The molecule has 0 amide bonds. The number of H-pyrrole nitrogens is 1. The Bertz CT molecular complexity index is 1250. The molecule has 0 atom stereocenters. The number of rotatable bonds is 10. The standard InChI is InChI=1S/C25H33N5O5/c1-29(2)20(11-12-32-4)26-17-10-8-9-16(13-17)15-30(3)25-27-18-14-19(33-5)22(34-6)23(35-7)21(18)24(31)28-25/h8-10,13-14H,11-12,15H2,1-7H3,(H,27,28,31). The Kier molecular flexibility index (Phi) is 8.53. The van der Waals surface area contributed by atoms with Gasteiger partial charge in [0.15, 0.2) is 11.5 Å². The van der Waals surface area contributed by atoms with Gasteiger partial charge < -0.3 is 28.7 Å². The SMILES string of the molecule is COCCC(=Nc1cccc(CN(C)c2nc3cc(OC)c(OC)c(OC)c3c(=O)[nH]2)c1)N(C)C. The smallest absolute Gasteiger partial charge is 0.264 e. The highest BCUT2D eigenvalue weighted by atomic mass is 16.5. The van der Waals surface area contributed by atoms with E-state index >= 15 is 0 Å². The maximum Gasteiger partial charge on any atom is 0.264 e. The molecule has 1 aromatic heterocycles. The van der Waals surface area contributed by atoms with E-state index in [0.717, 1.165) is 17.1 Å². The van der Waals surface area contributed by atoms with Crippen molar-refractivity contribution in [2.45, 2.75) is 13.0 Å². The lowest BCUT2D eigenvalue weighted by Crippen LogP contribution is -2.23. The van der Waals surface area contributed by atoms with Crippen LogP contribution in [0.2, 0.25) is 0 Å². The Morgan fingerprint density at radius 1 is 1.03 bits per heavy atom. The van der Waals surface area contributed by atoms with Gasteiger partial charge in [0.25, 0.3) is 5.56 Å². The number of nitrogens with one attached hydrogen (secondary N) is 1. The first-order chi connectivity index (χ1) is 16.8. The molecule has 0 saturated heterocycles. The Morgan fingerprint density at radius 3 is 2.40 bits per heavy atom. The lowest BCUT2D eigenvalue weighted by Gasteiger charge is -2.20. The number of methoxy groups -OCH3 is 4. The summed E-state index contributed by atoms with van der Waals surface area (Å²) >= 11 is 0. The van der Waals surface area contributed by atoms with Crippen LogP contribution in [-0.2, 0) is 11.3 Å². The van der Waals surface area contributed by atoms with Gasteiger partial charge in [-0.1, -0.05) is 12.1 Å². The summed E-state index contributed by atoms with van der Waals surface area (Å²) in [5.41, 5.74) is 1.97. The number of benzene rings is 2. The minimum absolute atomic E-state index is 0.278. The van der Waals surface area contributed by atoms with Crippen molar-refractivity contribution < 1.29 is 18.9 Å². The number of nitrogens with zero attached hydrogens (tertiary/aromatic N) is 4. The quantitative estimate of drug-likeness (QED) is 0.347. The topological polar surface area (TPSA) is 102 Å². The van der Waals surface area contributed by atoms with Crippen LogP contribution < -0.4 is 24.7 Å². The first-order valence-corrected chi connectivity index (χ1v) is 11.1. The molecule has 0 fully saturated rings.